The van der Waals surface area contributed by atoms with Gasteiger partial charge in [0.15, 0.2) is 5.78 Å². The zero-order chi connectivity index (χ0) is 14.3. The van der Waals surface area contributed by atoms with E-state index in [0.29, 0.717) is 6.54 Å². The van der Waals surface area contributed by atoms with E-state index in [1.807, 2.05) is 34.7 Å². The lowest BCUT2D eigenvalue weighted by Crippen LogP contribution is -2.27. The van der Waals surface area contributed by atoms with Gasteiger partial charge in [0, 0.05) is 30.2 Å². The third kappa shape index (κ3) is 5.27. The molecule has 3 nitrogen and oxygen atoms in total. The summed E-state index contributed by atoms with van der Waals surface area (Å²) in [5.41, 5.74) is 7.09. The number of allylic oxidation sites excluding steroid dienone is 2. The fraction of sp³-hybridized carbons (Fsp3) is 0.714. The Kier molecular flexibility index (Phi) is 7.33. The van der Waals surface area contributed by atoms with Crippen molar-refractivity contribution in [1.29, 1.82) is 0 Å². The van der Waals surface area contributed by atoms with Crippen LogP contribution in [0.25, 0.3) is 0 Å². The molecule has 0 aromatic rings. The molecule has 2 N–H and O–H groups in total. The lowest BCUT2D eigenvalue weighted by atomic mass is 9.82. The summed E-state index contributed by atoms with van der Waals surface area (Å²) in [7, 11) is 2.01. The number of unbranched alkanes of at least 4 members (excludes halogenated alkanes) is 1. The minimum Gasteiger partial charge on any atom is -0.378 e. The molecule has 104 valence electrons. The van der Waals surface area contributed by atoms with Gasteiger partial charge in [0.25, 0.3) is 0 Å². The van der Waals surface area contributed by atoms with E-state index < -0.39 is 0 Å². The number of nitrogens with zero attached hydrogens (tertiary/aromatic N) is 1. The van der Waals surface area contributed by atoms with Crippen molar-refractivity contribution in [3.05, 3.63) is 11.3 Å². The molecule has 0 aliphatic heterocycles. The Bertz CT molecular complexity index is 329. The average molecular weight is 270 g/mol. The summed E-state index contributed by atoms with van der Waals surface area (Å²) in [5.74, 6) is -0.0549. The number of Topliss-reactive ketones (excluding diaryl/α,β-unsaturated/α-hetero) is 1. The molecule has 0 aliphatic rings. The molecule has 0 heterocycles. The lowest BCUT2D eigenvalue weighted by molar-refractivity contribution is -0.110. The first-order chi connectivity index (χ1) is 8.25. The molecule has 0 aliphatic carbocycles. The number of thiocarbonyl (C=S) groups is 1. The van der Waals surface area contributed by atoms with E-state index in [-0.39, 0.29) is 11.2 Å². The summed E-state index contributed by atoms with van der Waals surface area (Å²) in [4.78, 5) is 14.1. The van der Waals surface area contributed by atoms with Gasteiger partial charge in [-0.2, -0.15) is 0 Å². The molecule has 0 saturated carbocycles. The number of ketones is 1. The smallest absolute Gasteiger partial charge is 0.194 e. The quantitative estimate of drug-likeness (QED) is 0.439. The fourth-order valence-electron chi connectivity index (χ4n) is 2.00. The Morgan fingerprint density at radius 1 is 1.33 bits per heavy atom. The van der Waals surface area contributed by atoms with E-state index in [2.05, 4.69) is 4.90 Å². The fourth-order valence-corrected chi connectivity index (χ4v) is 2.12. The molecular weight excluding hydrogens is 244 g/mol. The van der Waals surface area contributed by atoms with Crippen molar-refractivity contribution in [2.45, 2.75) is 40.5 Å². The van der Waals surface area contributed by atoms with Gasteiger partial charge in [-0.05, 0) is 31.7 Å². The van der Waals surface area contributed by atoms with Crippen molar-refractivity contribution < 1.29 is 4.79 Å². The van der Waals surface area contributed by atoms with Gasteiger partial charge >= 0.3 is 0 Å². The monoisotopic (exact) mass is 270 g/mol. The Hall–Kier alpha value is -0.740. The molecule has 0 atom stereocenters. The maximum atomic E-state index is 12.0. The number of carbonyl (C=O) groups is 1. The number of hydrogen-bond donors (Lipinski definition) is 1. The highest BCUT2D eigenvalue weighted by molar-refractivity contribution is 7.80. The van der Waals surface area contributed by atoms with Crippen LogP contribution in [0.2, 0.25) is 0 Å². The third-order valence-electron chi connectivity index (χ3n) is 2.99. The molecule has 0 fully saturated rings. The topological polar surface area (TPSA) is 46.3 Å². The van der Waals surface area contributed by atoms with Crippen LogP contribution in [0.5, 0.6) is 0 Å². The van der Waals surface area contributed by atoms with Crippen LogP contribution in [0.15, 0.2) is 11.3 Å². The van der Waals surface area contributed by atoms with Gasteiger partial charge in [-0.25, -0.2) is 0 Å². The van der Waals surface area contributed by atoms with Crippen LogP contribution in [-0.4, -0.2) is 36.2 Å². The van der Waals surface area contributed by atoms with Gasteiger partial charge in [0.05, 0.1) is 0 Å². The van der Waals surface area contributed by atoms with Crippen LogP contribution in [0.1, 0.15) is 40.5 Å². The Morgan fingerprint density at radius 3 is 2.28 bits per heavy atom. The van der Waals surface area contributed by atoms with E-state index in [0.717, 1.165) is 30.7 Å². The largest absolute Gasteiger partial charge is 0.378 e. The lowest BCUT2D eigenvalue weighted by Gasteiger charge is -2.29. The molecular formula is C14H26N2OS. The van der Waals surface area contributed by atoms with Crippen molar-refractivity contribution in [1.82, 2.24) is 4.90 Å². The summed E-state index contributed by atoms with van der Waals surface area (Å²) in [6.45, 7) is 9.72. The van der Waals surface area contributed by atoms with E-state index in [4.69, 9.17) is 18.0 Å². The predicted octanol–water partition coefficient (Wildman–Crippen LogP) is 2.55. The first-order valence-corrected chi connectivity index (χ1v) is 6.85. The van der Waals surface area contributed by atoms with Gasteiger partial charge < -0.3 is 10.6 Å². The highest BCUT2D eigenvalue weighted by Gasteiger charge is 2.26. The van der Waals surface area contributed by atoms with E-state index in [1.165, 1.54) is 5.37 Å². The average Bonchev–Trinajstić information content (AvgIpc) is 2.27. The van der Waals surface area contributed by atoms with Gasteiger partial charge in [0.2, 0.25) is 0 Å². The van der Waals surface area contributed by atoms with Gasteiger partial charge in [-0.3, -0.25) is 4.79 Å². The molecule has 0 spiro atoms. The first-order valence-electron chi connectivity index (χ1n) is 6.37. The summed E-state index contributed by atoms with van der Waals surface area (Å²) >= 11 is 4.79. The third-order valence-corrected chi connectivity index (χ3v) is 3.20. The first kappa shape index (κ1) is 17.3. The molecule has 0 amide bonds. The molecule has 0 aromatic carbocycles. The minimum absolute atomic E-state index is 0.0549. The molecule has 0 rings (SSSR count). The van der Waals surface area contributed by atoms with Crippen molar-refractivity contribution in [2.24, 2.45) is 11.1 Å². The molecule has 0 radical (unpaired) electrons. The normalized spacial score (nSPS) is 13.0. The van der Waals surface area contributed by atoms with Crippen LogP contribution in [-0.2, 0) is 4.79 Å². The Balaban J connectivity index is 5.08. The zero-order valence-corrected chi connectivity index (χ0v) is 13.1. The maximum Gasteiger partial charge on any atom is 0.194 e. The summed E-state index contributed by atoms with van der Waals surface area (Å²) in [5, 5.41) is 1.23. The Labute approximate surface area is 116 Å². The van der Waals surface area contributed by atoms with Crippen molar-refractivity contribution in [3.8, 4) is 0 Å². The van der Waals surface area contributed by atoms with Crippen LogP contribution >= 0.6 is 12.2 Å². The van der Waals surface area contributed by atoms with Gasteiger partial charge in [-0.15, -0.1) is 0 Å². The highest BCUT2D eigenvalue weighted by Crippen LogP contribution is 2.29. The second kappa shape index (κ2) is 7.64. The number of nitrogens with two attached hydrogens (primary N) is 1. The van der Waals surface area contributed by atoms with Gasteiger partial charge in [-0.1, -0.05) is 33.0 Å². The van der Waals surface area contributed by atoms with Gasteiger partial charge in [0.1, 0.15) is 0 Å². The molecule has 0 saturated heterocycles. The number of hydrogen-bond acceptors (Lipinski definition) is 4. The second-order valence-electron chi connectivity index (χ2n) is 5.61. The minimum atomic E-state index is -0.196. The molecule has 0 bridgehead atoms. The Morgan fingerprint density at radius 2 is 1.89 bits per heavy atom. The van der Waals surface area contributed by atoms with Crippen LogP contribution < -0.4 is 5.73 Å². The summed E-state index contributed by atoms with van der Waals surface area (Å²) < 4.78 is 0. The standard InChI is InChI=1S/C14H26N2OS/c1-11(16(5)9-7-6-8-15)13(12(17)10-18)14(2,3)4/h10H,6-9,15H2,1-5H3/b13-11-. The van der Waals surface area contributed by atoms with Crippen molar-refractivity contribution >= 4 is 23.4 Å². The van der Waals surface area contributed by atoms with Crippen LogP contribution in [0, 0.1) is 5.41 Å². The predicted molar refractivity (Wildman–Crippen MR) is 81.7 cm³/mol. The summed E-state index contributed by atoms with van der Waals surface area (Å²) in [6, 6.07) is 0. The van der Waals surface area contributed by atoms with Crippen molar-refractivity contribution in [2.75, 3.05) is 20.1 Å². The number of rotatable bonds is 7. The molecule has 18 heavy (non-hydrogen) atoms. The SMILES string of the molecule is C/C(=C(\C(=O)C=S)C(C)(C)C)N(C)CCCCN. The van der Waals surface area contributed by atoms with E-state index in [1.54, 1.807) is 0 Å². The van der Waals surface area contributed by atoms with E-state index in [9.17, 15) is 4.79 Å². The number of carbonyl (C=O) groups excluding carboxylic acids is 1. The zero-order valence-electron chi connectivity index (χ0n) is 12.2. The molecule has 0 unspecified atom stereocenters. The van der Waals surface area contributed by atoms with Crippen LogP contribution in [0.3, 0.4) is 0 Å². The summed E-state index contributed by atoms with van der Waals surface area (Å²) in [6.07, 6.45) is 2.04. The van der Waals surface area contributed by atoms with E-state index >= 15 is 0 Å². The maximum absolute atomic E-state index is 12.0. The highest BCUT2D eigenvalue weighted by atomic mass is 32.1. The second-order valence-corrected chi connectivity index (χ2v) is 5.85. The molecule has 0 aromatic heterocycles. The van der Waals surface area contributed by atoms with Crippen LogP contribution in [0.4, 0.5) is 0 Å². The van der Waals surface area contributed by atoms with Crippen molar-refractivity contribution in [3.63, 3.8) is 0 Å². The molecule has 4 heteroatoms.